The summed E-state index contributed by atoms with van der Waals surface area (Å²) in [6.07, 6.45) is -1.19. The number of anilines is 1. The molecule has 0 spiro atoms. The van der Waals surface area contributed by atoms with Crippen LogP contribution in [0.4, 0.5) is 10.1 Å². The number of carbonyl (C=O) groups excluding carboxylic acids is 2. The van der Waals surface area contributed by atoms with Gasteiger partial charge in [-0.1, -0.05) is 12.1 Å². The molecule has 0 fully saturated rings. The van der Waals surface area contributed by atoms with Crippen molar-refractivity contribution in [1.29, 1.82) is 0 Å². The molecule has 1 amide bonds. The molecule has 9 heteroatoms. The number of primary sulfonamides is 1. The molecule has 138 valence electrons. The number of amides is 1. The first-order valence-corrected chi connectivity index (χ1v) is 9.03. The lowest BCUT2D eigenvalue weighted by Crippen LogP contribution is -2.30. The zero-order valence-electron chi connectivity index (χ0n) is 14.0. The molecule has 0 radical (unpaired) electrons. The molecule has 1 atom stereocenters. The lowest BCUT2D eigenvalue weighted by Gasteiger charge is -2.14. The van der Waals surface area contributed by atoms with Crippen molar-refractivity contribution in [2.45, 2.75) is 24.8 Å². The topological polar surface area (TPSA) is 116 Å². The zero-order chi connectivity index (χ0) is 19.5. The van der Waals surface area contributed by atoms with Crippen LogP contribution in [0, 0.1) is 12.7 Å². The van der Waals surface area contributed by atoms with Gasteiger partial charge in [-0.2, -0.15) is 0 Å². The maximum atomic E-state index is 13.5. The van der Waals surface area contributed by atoms with Crippen molar-refractivity contribution >= 4 is 27.6 Å². The second-order valence-corrected chi connectivity index (χ2v) is 7.14. The van der Waals surface area contributed by atoms with E-state index in [1.165, 1.54) is 43.3 Å². The highest BCUT2D eigenvalue weighted by Gasteiger charge is 2.20. The van der Waals surface area contributed by atoms with Gasteiger partial charge in [-0.05, 0) is 49.7 Å². The minimum Gasteiger partial charge on any atom is -0.449 e. The van der Waals surface area contributed by atoms with Gasteiger partial charge in [0.25, 0.3) is 5.91 Å². The molecule has 0 aliphatic carbocycles. The second kappa shape index (κ2) is 7.63. The third kappa shape index (κ3) is 4.87. The van der Waals surface area contributed by atoms with E-state index in [9.17, 15) is 22.4 Å². The maximum absolute atomic E-state index is 13.5. The van der Waals surface area contributed by atoms with E-state index in [-0.39, 0.29) is 16.1 Å². The van der Waals surface area contributed by atoms with Crippen molar-refractivity contribution in [1.82, 2.24) is 0 Å². The van der Waals surface area contributed by atoms with Crippen LogP contribution in [0.5, 0.6) is 0 Å². The molecule has 3 N–H and O–H groups in total. The fraction of sp³-hybridized carbons (Fsp3) is 0.176. The van der Waals surface area contributed by atoms with Crippen molar-refractivity contribution < 1.29 is 27.1 Å². The summed E-state index contributed by atoms with van der Waals surface area (Å²) >= 11 is 0. The van der Waals surface area contributed by atoms with Crippen LogP contribution in [-0.4, -0.2) is 26.4 Å². The SMILES string of the molecule is Cc1ccc(C(=O)OC(C)C(=O)Nc2cccc(S(N)(=O)=O)c2)cc1F. The Balaban J connectivity index is 2.05. The number of ether oxygens (including phenoxy) is 1. The standard InChI is InChI=1S/C17H17FN2O5S/c1-10-6-7-12(8-15(10)18)17(22)25-11(2)16(21)20-13-4-3-5-14(9-13)26(19,23)24/h3-9,11H,1-2H3,(H,20,21)(H2,19,23,24). The number of nitrogens with one attached hydrogen (secondary N) is 1. The number of benzene rings is 2. The van der Waals surface area contributed by atoms with E-state index < -0.39 is 33.8 Å². The largest absolute Gasteiger partial charge is 0.449 e. The normalized spacial score (nSPS) is 12.3. The Bertz CT molecular complexity index is 959. The number of rotatable bonds is 5. The molecule has 0 bridgehead atoms. The van der Waals surface area contributed by atoms with Crippen LogP contribution in [0.25, 0.3) is 0 Å². The van der Waals surface area contributed by atoms with Gasteiger partial charge in [0.15, 0.2) is 6.10 Å². The van der Waals surface area contributed by atoms with Gasteiger partial charge in [0.2, 0.25) is 10.0 Å². The summed E-state index contributed by atoms with van der Waals surface area (Å²) in [5.74, 6) is -2.10. The highest BCUT2D eigenvalue weighted by atomic mass is 32.2. The Labute approximate surface area is 150 Å². The summed E-state index contributed by atoms with van der Waals surface area (Å²) in [5.41, 5.74) is 0.525. The number of hydrogen-bond donors (Lipinski definition) is 2. The van der Waals surface area contributed by atoms with Crippen molar-refractivity contribution in [3.8, 4) is 0 Å². The molecule has 0 aliphatic heterocycles. The van der Waals surface area contributed by atoms with E-state index in [0.29, 0.717) is 5.56 Å². The van der Waals surface area contributed by atoms with Gasteiger partial charge in [0.1, 0.15) is 5.82 Å². The van der Waals surface area contributed by atoms with Gasteiger partial charge in [0, 0.05) is 5.69 Å². The van der Waals surface area contributed by atoms with E-state index in [4.69, 9.17) is 9.88 Å². The Morgan fingerprint density at radius 1 is 1.19 bits per heavy atom. The van der Waals surface area contributed by atoms with Crippen molar-refractivity contribution in [3.63, 3.8) is 0 Å². The van der Waals surface area contributed by atoms with Gasteiger partial charge >= 0.3 is 5.97 Å². The highest BCUT2D eigenvalue weighted by Crippen LogP contribution is 2.15. The third-order valence-corrected chi connectivity index (χ3v) is 4.40. The summed E-state index contributed by atoms with van der Waals surface area (Å²) in [5, 5.41) is 7.45. The predicted octanol–water partition coefficient (Wildman–Crippen LogP) is 1.97. The van der Waals surface area contributed by atoms with Gasteiger partial charge in [-0.3, -0.25) is 4.79 Å². The smallest absolute Gasteiger partial charge is 0.339 e. The molecule has 26 heavy (non-hydrogen) atoms. The minimum absolute atomic E-state index is 0.0241. The summed E-state index contributed by atoms with van der Waals surface area (Å²) in [4.78, 5) is 23.9. The van der Waals surface area contributed by atoms with Crippen LogP contribution in [0.3, 0.4) is 0 Å². The molecule has 0 aromatic heterocycles. The number of hydrogen-bond acceptors (Lipinski definition) is 5. The van der Waals surface area contributed by atoms with E-state index in [1.54, 1.807) is 6.92 Å². The molecule has 1 unspecified atom stereocenters. The van der Waals surface area contributed by atoms with Gasteiger partial charge in [0.05, 0.1) is 10.5 Å². The predicted molar refractivity (Wildman–Crippen MR) is 92.5 cm³/mol. The summed E-state index contributed by atoms with van der Waals surface area (Å²) < 4.78 is 41.2. The minimum atomic E-state index is -3.92. The molecule has 2 aromatic rings. The van der Waals surface area contributed by atoms with Crippen molar-refractivity contribution in [2.24, 2.45) is 5.14 Å². The second-order valence-electron chi connectivity index (χ2n) is 5.57. The molecule has 0 aliphatic rings. The Hall–Kier alpha value is -2.78. The molecular weight excluding hydrogens is 363 g/mol. The number of halogens is 1. The van der Waals surface area contributed by atoms with E-state index >= 15 is 0 Å². The monoisotopic (exact) mass is 380 g/mol. The van der Waals surface area contributed by atoms with Crippen LogP contribution in [-0.2, 0) is 19.6 Å². The lowest BCUT2D eigenvalue weighted by atomic mass is 10.1. The maximum Gasteiger partial charge on any atom is 0.339 e. The fourth-order valence-corrected chi connectivity index (χ4v) is 2.56. The summed E-state index contributed by atoms with van der Waals surface area (Å²) in [7, 11) is -3.92. The Morgan fingerprint density at radius 2 is 1.88 bits per heavy atom. The average molecular weight is 380 g/mol. The Kier molecular flexibility index (Phi) is 5.73. The number of sulfonamides is 1. The third-order valence-electron chi connectivity index (χ3n) is 3.49. The first-order chi connectivity index (χ1) is 12.1. The first kappa shape index (κ1) is 19.5. The van der Waals surface area contributed by atoms with Crippen LogP contribution < -0.4 is 10.5 Å². The summed E-state index contributed by atoms with van der Waals surface area (Å²) in [6, 6.07) is 9.16. The quantitative estimate of drug-likeness (QED) is 0.770. The molecule has 0 heterocycles. The zero-order valence-corrected chi connectivity index (χ0v) is 14.8. The van der Waals surface area contributed by atoms with Crippen LogP contribution in [0.2, 0.25) is 0 Å². The van der Waals surface area contributed by atoms with Gasteiger partial charge in [-0.25, -0.2) is 22.7 Å². The number of esters is 1. The lowest BCUT2D eigenvalue weighted by molar-refractivity contribution is -0.123. The number of nitrogens with two attached hydrogens (primary N) is 1. The first-order valence-electron chi connectivity index (χ1n) is 7.49. The van der Waals surface area contributed by atoms with E-state index in [2.05, 4.69) is 5.32 Å². The molecule has 7 nitrogen and oxygen atoms in total. The highest BCUT2D eigenvalue weighted by molar-refractivity contribution is 7.89. The van der Waals surface area contributed by atoms with Crippen molar-refractivity contribution in [2.75, 3.05) is 5.32 Å². The van der Waals surface area contributed by atoms with Crippen LogP contribution in [0.1, 0.15) is 22.8 Å². The average Bonchev–Trinajstić information content (AvgIpc) is 2.56. The molecule has 0 saturated carbocycles. The summed E-state index contributed by atoms with van der Waals surface area (Å²) in [6.45, 7) is 2.89. The fourth-order valence-electron chi connectivity index (χ4n) is 2.00. The van der Waals surface area contributed by atoms with E-state index in [0.717, 1.165) is 6.07 Å². The molecular formula is C17H17FN2O5S. The number of carbonyl (C=O) groups is 2. The molecule has 2 rings (SSSR count). The van der Waals surface area contributed by atoms with Crippen molar-refractivity contribution in [3.05, 3.63) is 59.4 Å². The van der Waals surface area contributed by atoms with Gasteiger partial charge in [-0.15, -0.1) is 0 Å². The van der Waals surface area contributed by atoms with E-state index in [1.807, 2.05) is 0 Å². The molecule has 2 aromatic carbocycles. The molecule has 0 saturated heterocycles. The van der Waals surface area contributed by atoms with Gasteiger partial charge < -0.3 is 10.1 Å². The number of aryl methyl sites for hydroxylation is 1. The Morgan fingerprint density at radius 3 is 2.50 bits per heavy atom. The van der Waals surface area contributed by atoms with Crippen LogP contribution >= 0.6 is 0 Å². The van der Waals surface area contributed by atoms with Crippen LogP contribution in [0.15, 0.2) is 47.4 Å².